The summed E-state index contributed by atoms with van der Waals surface area (Å²) in [5.41, 5.74) is 5.80. The number of halogens is 1. The minimum atomic E-state index is -0.536. The molecule has 20 heavy (non-hydrogen) atoms. The van der Waals surface area contributed by atoms with Crippen molar-refractivity contribution in [2.75, 3.05) is 19.8 Å². The van der Waals surface area contributed by atoms with Crippen LogP contribution < -0.4 is 5.73 Å². The predicted octanol–water partition coefficient (Wildman–Crippen LogP) is 2.11. The second-order valence-electron chi connectivity index (χ2n) is 4.79. The third kappa shape index (κ3) is 5.14. The molecule has 0 fully saturated rings. The van der Waals surface area contributed by atoms with Gasteiger partial charge in [-0.1, -0.05) is 31.1 Å². The zero-order valence-corrected chi connectivity index (χ0v) is 11.8. The van der Waals surface area contributed by atoms with Gasteiger partial charge >= 0.3 is 0 Å². The summed E-state index contributed by atoms with van der Waals surface area (Å²) in [7, 11) is 0. The van der Waals surface area contributed by atoms with Crippen LogP contribution in [0.25, 0.3) is 0 Å². The maximum Gasteiger partial charge on any atom is 0.173 e. The van der Waals surface area contributed by atoms with Gasteiger partial charge < -0.3 is 20.4 Å². The molecule has 5 nitrogen and oxygen atoms in total. The van der Waals surface area contributed by atoms with Crippen LogP contribution in [0.2, 0.25) is 0 Å². The van der Waals surface area contributed by atoms with Crippen molar-refractivity contribution in [3.05, 3.63) is 35.1 Å². The molecular formula is C14H21FN2O3. The number of rotatable bonds is 8. The van der Waals surface area contributed by atoms with Crippen LogP contribution in [0.1, 0.15) is 25.0 Å². The summed E-state index contributed by atoms with van der Waals surface area (Å²) < 4.78 is 24.7. The van der Waals surface area contributed by atoms with Gasteiger partial charge in [-0.15, -0.1) is 0 Å². The lowest BCUT2D eigenvalue weighted by Crippen LogP contribution is -2.16. The average molecular weight is 284 g/mol. The summed E-state index contributed by atoms with van der Waals surface area (Å²) in [4.78, 5) is 0. The maximum atomic E-state index is 14.0. The van der Waals surface area contributed by atoms with E-state index in [-0.39, 0.29) is 18.0 Å². The van der Waals surface area contributed by atoms with Gasteiger partial charge in [-0.25, -0.2) is 4.39 Å². The van der Waals surface area contributed by atoms with Crippen LogP contribution >= 0.6 is 0 Å². The number of hydrogen-bond donors (Lipinski definition) is 2. The Bertz CT molecular complexity index is 450. The summed E-state index contributed by atoms with van der Waals surface area (Å²) in [5.74, 6) is -0.319. The first kappa shape index (κ1) is 16.4. The van der Waals surface area contributed by atoms with Crippen LogP contribution in [0.3, 0.4) is 0 Å². The molecule has 1 aromatic carbocycles. The molecule has 0 amide bonds. The largest absolute Gasteiger partial charge is 0.409 e. The van der Waals surface area contributed by atoms with E-state index in [0.29, 0.717) is 31.3 Å². The highest BCUT2D eigenvalue weighted by Crippen LogP contribution is 2.13. The lowest BCUT2D eigenvalue weighted by molar-refractivity contribution is 0.0306. The SMILES string of the molecule is CC(C)COCCOCc1cccc(/C(N)=N/O)c1F. The highest BCUT2D eigenvalue weighted by Gasteiger charge is 2.11. The Labute approximate surface area is 118 Å². The van der Waals surface area contributed by atoms with Gasteiger partial charge in [-0.2, -0.15) is 0 Å². The van der Waals surface area contributed by atoms with Crippen LogP contribution in [0, 0.1) is 11.7 Å². The van der Waals surface area contributed by atoms with Gasteiger partial charge in [0, 0.05) is 12.2 Å². The van der Waals surface area contributed by atoms with E-state index in [1.165, 1.54) is 6.07 Å². The quantitative estimate of drug-likeness (QED) is 0.252. The molecule has 0 atom stereocenters. The fourth-order valence-corrected chi connectivity index (χ4v) is 1.56. The number of oxime groups is 1. The van der Waals surface area contributed by atoms with Crippen molar-refractivity contribution < 1.29 is 19.1 Å². The average Bonchev–Trinajstić information content (AvgIpc) is 2.43. The van der Waals surface area contributed by atoms with Gasteiger partial charge in [-0.05, 0) is 12.0 Å². The van der Waals surface area contributed by atoms with Crippen molar-refractivity contribution >= 4 is 5.84 Å². The van der Waals surface area contributed by atoms with Gasteiger partial charge in [0.2, 0.25) is 0 Å². The Morgan fingerprint density at radius 1 is 1.35 bits per heavy atom. The van der Waals surface area contributed by atoms with E-state index in [1.54, 1.807) is 12.1 Å². The van der Waals surface area contributed by atoms with Crippen LogP contribution in [-0.4, -0.2) is 30.9 Å². The fraction of sp³-hybridized carbons (Fsp3) is 0.500. The summed E-state index contributed by atoms with van der Waals surface area (Å²) in [6, 6.07) is 4.67. The van der Waals surface area contributed by atoms with E-state index < -0.39 is 5.82 Å². The van der Waals surface area contributed by atoms with E-state index >= 15 is 0 Å². The maximum absolute atomic E-state index is 14.0. The summed E-state index contributed by atoms with van der Waals surface area (Å²) in [5, 5.41) is 11.4. The van der Waals surface area contributed by atoms with Crippen molar-refractivity contribution in [2.24, 2.45) is 16.8 Å². The molecule has 6 heteroatoms. The third-order valence-electron chi connectivity index (χ3n) is 2.54. The number of nitrogens with two attached hydrogens (primary N) is 1. The Morgan fingerprint density at radius 2 is 2.05 bits per heavy atom. The molecular weight excluding hydrogens is 263 g/mol. The van der Waals surface area contributed by atoms with Crippen LogP contribution in [0.15, 0.2) is 23.4 Å². The summed E-state index contributed by atoms with van der Waals surface area (Å²) >= 11 is 0. The molecule has 0 aromatic heterocycles. The lowest BCUT2D eigenvalue weighted by atomic mass is 10.1. The fourth-order valence-electron chi connectivity index (χ4n) is 1.56. The van der Waals surface area contributed by atoms with E-state index in [1.807, 2.05) is 0 Å². The number of ether oxygens (including phenoxy) is 2. The molecule has 1 rings (SSSR count). The molecule has 0 aliphatic rings. The van der Waals surface area contributed by atoms with Crippen molar-refractivity contribution in [1.29, 1.82) is 0 Å². The Morgan fingerprint density at radius 3 is 2.70 bits per heavy atom. The smallest absolute Gasteiger partial charge is 0.173 e. The molecule has 0 aliphatic carbocycles. The standard InChI is InChI=1S/C14H21FN2O3/c1-10(2)8-19-6-7-20-9-11-4-3-5-12(13(11)15)14(16)17-18/h3-5,10,18H,6-9H2,1-2H3,(H2,16,17). The van der Waals surface area contributed by atoms with E-state index in [2.05, 4.69) is 19.0 Å². The number of hydrogen-bond acceptors (Lipinski definition) is 4. The first-order valence-electron chi connectivity index (χ1n) is 6.47. The van der Waals surface area contributed by atoms with E-state index in [9.17, 15) is 4.39 Å². The number of nitrogens with zero attached hydrogens (tertiary/aromatic N) is 1. The van der Waals surface area contributed by atoms with E-state index in [0.717, 1.165) is 0 Å². The molecule has 0 aliphatic heterocycles. The number of amidine groups is 1. The molecule has 1 aromatic rings. The highest BCUT2D eigenvalue weighted by molar-refractivity contribution is 5.97. The van der Waals surface area contributed by atoms with Gasteiger partial charge in [0.15, 0.2) is 5.84 Å². The predicted molar refractivity (Wildman–Crippen MR) is 74.2 cm³/mol. The van der Waals surface area contributed by atoms with Crippen molar-refractivity contribution in [3.8, 4) is 0 Å². The first-order chi connectivity index (χ1) is 9.56. The molecule has 0 spiro atoms. The van der Waals surface area contributed by atoms with Crippen molar-refractivity contribution in [1.82, 2.24) is 0 Å². The minimum absolute atomic E-state index is 0.0599. The lowest BCUT2D eigenvalue weighted by Gasteiger charge is -2.09. The molecule has 0 saturated carbocycles. The molecule has 0 saturated heterocycles. The molecule has 0 radical (unpaired) electrons. The zero-order valence-electron chi connectivity index (χ0n) is 11.8. The van der Waals surface area contributed by atoms with Crippen LogP contribution in [-0.2, 0) is 16.1 Å². The summed E-state index contributed by atoms with van der Waals surface area (Å²) in [6.07, 6.45) is 0. The van der Waals surface area contributed by atoms with Gasteiger partial charge in [0.25, 0.3) is 0 Å². The number of benzene rings is 1. The van der Waals surface area contributed by atoms with Gasteiger partial charge in [-0.3, -0.25) is 0 Å². The molecule has 3 N–H and O–H groups in total. The van der Waals surface area contributed by atoms with Crippen LogP contribution in [0.4, 0.5) is 4.39 Å². The van der Waals surface area contributed by atoms with Gasteiger partial charge in [0.1, 0.15) is 5.82 Å². The third-order valence-corrected chi connectivity index (χ3v) is 2.54. The van der Waals surface area contributed by atoms with Crippen molar-refractivity contribution in [3.63, 3.8) is 0 Å². The molecule has 0 bridgehead atoms. The Hall–Kier alpha value is -1.66. The molecule has 0 unspecified atom stereocenters. The highest BCUT2D eigenvalue weighted by atomic mass is 19.1. The minimum Gasteiger partial charge on any atom is -0.409 e. The zero-order chi connectivity index (χ0) is 15.0. The van der Waals surface area contributed by atoms with E-state index in [4.69, 9.17) is 20.4 Å². The van der Waals surface area contributed by atoms with Crippen molar-refractivity contribution in [2.45, 2.75) is 20.5 Å². The monoisotopic (exact) mass is 284 g/mol. The Balaban J connectivity index is 2.45. The second-order valence-corrected chi connectivity index (χ2v) is 4.79. The van der Waals surface area contributed by atoms with Gasteiger partial charge in [0.05, 0.1) is 25.4 Å². The normalized spacial score (nSPS) is 12.1. The van der Waals surface area contributed by atoms with Crippen LogP contribution in [0.5, 0.6) is 0 Å². The topological polar surface area (TPSA) is 77.1 Å². The first-order valence-corrected chi connectivity index (χ1v) is 6.47. The molecule has 112 valence electrons. The summed E-state index contributed by atoms with van der Waals surface area (Å²) in [6.45, 7) is 5.78. The second kappa shape index (κ2) is 8.50. The molecule has 0 heterocycles. The Kier molecular flexibility index (Phi) is 6.97.